The smallest absolute Gasteiger partial charge is 0.410 e. The van der Waals surface area contributed by atoms with Crippen LogP contribution in [0.2, 0.25) is 0 Å². The Morgan fingerprint density at radius 2 is 1.90 bits per heavy atom. The third-order valence-corrected chi connectivity index (χ3v) is 6.44. The minimum Gasteiger partial charge on any atom is -0.494 e. The van der Waals surface area contributed by atoms with Crippen molar-refractivity contribution in [2.24, 2.45) is 0 Å². The summed E-state index contributed by atoms with van der Waals surface area (Å²) < 4.78 is 13.2. The van der Waals surface area contributed by atoms with Crippen LogP contribution in [0.25, 0.3) is 5.69 Å². The highest BCUT2D eigenvalue weighted by Gasteiger charge is 2.29. The van der Waals surface area contributed by atoms with Crippen LogP contribution in [-0.2, 0) is 24.1 Å². The Kier molecular flexibility index (Phi) is 7.24. The van der Waals surface area contributed by atoms with Gasteiger partial charge in [0.15, 0.2) is 0 Å². The monoisotopic (exact) mass is 526 g/mol. The van der Waals surface area contributed by atoms with Crippen molar-refractivity contribution >= 4 is 17.7 Å². The number of aromatic nitrogens is 4. The standard InChI is InChI=1S/C30H34N6O3/c1-20-17-36(19-31-20)26-12-11-22(16-27(26)38-5)32-28-33-24-13-14-35(29(37)39-30(2,3)4)18-23(24)25(34-28)15-21-9-7-6-8-10-21/h6-12,16-17,19H,13-15,18H2,1-5H3,(H,32,33,34). The van der Waals surface area contributed by atoms with Gasteiger partial charge >= 0.3 is 6.09 Å². The van der Waals surface area contributed by atoms with Crippen LogP contribution in [0.3, 0.4) is 0 Å². The third-order valence-electron chi connectivity index (χ3n) is 6.44. The molecule has 0 saturated carbocycles. The predicted molar refractivity (Wildman–Crippen MR) is 150 cm³/mol. The fraction of sp³-hybridized carbons (Fsp3) is 0.333. The molecule has 3 heterocycles. The molecule has 39 heavy (non-hydrogen) atoms. The number of methoxy groups -OCH3 is 1. The van der Waals surface area contributed by atoms with Gasteiger partial charge < -0.3 is 24.3 Å². The number of anilines is 2. The van der Waals surface area contributed by atoms with Gasteiger partial charge in [-0.15, -0.1) is 0 Å². The lowest BCUT2D eigenvalue weighted by Gasteiger charge is -2.31. The van der Waals surface area contributed by atoms with Gasteiger partial charge in [-0.2, -0.15) is 0 Å². The fourth-order valence-electron chi connectivity index (χ4n) is 4.61. The highest BCUT2D eigenvalue weighted by Crippen LogP contribution is 2.30. The molecule has 9 nitrogen and oxygen atoms in total. The normalized spacial score (nSPS) is 13.1. The van der Waals surface area contributed by atoms with Gasteiger partial charge in [0.05, 0.1) is 42.8 Å². The summed E-state index contributed by atoms with van der Waals surface area (Å²) in [5, 5.41) is 3.37. The molecule has 0 radical (unpaired) electrons. The molecule has 0 atom stereocenters. The van der Waals surface area contributed by atoms with Crippen LogP contribution in [0.1, 0.15) is 49.0 Å². The molecule has 1 aliphatic heterocycles. The number of nitrogens with one attached hydrogen (secondary N) is 1. The van der Waals surface area contributed by atoms with Crippen molar-refractivity contribution in [3.05, 3.63) is 89.3 Å². The van der Waals surface area contributed by atoms with Gasteiger partial charge in [0.1, 0.15) is 11.4 Å². The maximum Gasteiger partial charge on any atom is 0.410 e. The van der Waals surface area contributed by atoms with Gasteiger partial charge in [-0.05, 0) is 45.4 Å². The molecule has 2 aromatic carbocycles. The number of rotatable bonds is 6. The lowest BCUT2D eigenvalue weighted by Crippen LogP contribution is -2.40. The molecule has 1 N–H and O–H groups in total. The van der Waals surface area contributed by atoms with E-state index >= 15 is 0 Å². The number of hydrogen-bond donors (Lipinski definition) is 1. The van der Waals surface area contributed by atoms with Crippen molar-refractivity contribution in [1.82, 2.24) is 24.4 Å². The number of nitrogens with zero attached hydrogens (tertiary/aromatic N) is 5. The Balaban J connectivity index is 1.45. The summed E-state index contributed by atoms with van der Waals surface area (Å²) >= 11 is 0. The molecule has 9 heteroatoms. The Labute approximate surface area is 228 Å². The number of amides is 1. The van der Waals surface area contributed by atoms with Gasteiger partial charge in [0, 0.05) is 42.9 Å². The van der Waals surface area contributed by atoms with Crippen molar-refractivity contribution in [3.8, 4) is 11.4 Å². The van der Waals surface area contributed by atoms with Crippen molar-refractivity contribution in [2.75, 3.05) is 19.0 Å². The topological polar surface area (TPSA) is 94.4 Å². The van der Waals surface area contributed by atoms with Crippen LogP contribution in [0.4, 0.5) is 16.4 Å². The van der Waals surface area contributed by atoms with Gasteiger partial charge in [0.2, 0.25) is 5.95 Å². The maximum absolute atomic E-state index is 12.8. The molecule has 5 rings (SSSR count). The molecule has 0 fully saturated rings. The fourth-order valence-corrected chi connectivity index (χ4v) is 4.61. The highest BCUT2D eigenvalue weighted by atomic mass is 16.6. The van der Waals surface area contributed by atoms with E-state index in [0.29, 0.717) is 37.6 Å². The summed E-state index contributed by atoms with van der Waals surface area (Å²) in [6.45, 7) is 8.54. The van der Waals surface area contributed by atoms with E-state index in [1.54, 1.807) is 18.3 Å². The second-order valence-corrected chi connectivity index (χ2v) is 10.7. The first kappa shape index (κ1) is 26.2. The van der Waals surface area contributed by atoms with E-state index in [-0.39, 0.29) is 6.09 Å². The third kappa shape index (κ3) is 6.19. The maximum atomic E-state index is 12.8. The zero-order chi connectivity index (χ0) is 27.6. The zero-order valence-electron chi connectivity index (χ0n) is 23.1. The Hall–Kier alpha value is -4.40. The van der Waals surface area contributed by atoms with Crippen molar-refractivity contribution in [2.45, 2.75) is 52.7 Å². The summed E-state index contributed by atoms with van der Waals surface area (Å²) in [7, 11) is 1.65. The van der Waals surface area contributed by atoms with E-state index in [1.165, 1.54) is 0 Å². The van der Waals surface area contributed by atoms with E-state index in [1.807, 2.05) is 74.9 Å². The molecular formula is C30H34N6O3. The van der Waals surface area contributed by atoms with Crippen LogP contribution < -0.4 is 10.1 Å². The van der Waals surface area contributed by atoms with Crippen LogP contribution in [0.15, 0.2) is 61.1 Å². The van der Waals surface area contributed by atoms with Crippen LogP contribution in [0, 0.1) is 6.92 Å². The summed E-state index contributed by atoms with van der Waals surface area (Å²) in [5.74, 6) is 1.21. The van der Waals surface area contributed by atoms with E-state index in [2.05, 4.69) is 22.4 Å². The Bertz CT molecular complexity index is 1480. The molecule has 0 bridgehead atoms. The molecule has 2 aromatic heterocycles. The average Bonchev–Trinajstić information content (AvgIpc) is 3.34. The summed E-state index contributed by atoms with van der Waals surface area (Å²) in [5.41, 5.74) is 6.02. The Morgan fingerprint density at radius 1 is 1.10 bits per heavy atom. The minimum atomic E-state index is -0.554. The van der Waals surface area contributed by atoms with E-state index in [4.69, 9.17) is 19.4 Å². The molecule has 1 amide bonds. The molecule has 202 valence electrons. The number of imidazole rings is 1. The lowest BCUT2D eigenvalue weighted by atomic mass is 9.99. The largest absolute Gasteiger partial charge is 0.494 e. The summed E-state index contributed by atoms with van der Waals surface area (Å²) in [6.07, 6.45) is 4.65. The molecule has 4 aromatic rings. The van der Waals surface area contributed by atoms with E-state index in [9.17, 15) is 4.79 Å². The lowest BCUT2D eigenvalue weighted by molar-refractivity contribution is 0.0222. The van der Waals surface area contributed by atoms with Crippen LogP contribution >= 0.6 is 0 Å². The average molecular weight is 527 g/mol. The number of carbonyl (C=O) groups excluding carboxylic acids is 1. The molecule has 0 unspecified atom stereocenters. The second-order valence-electron chi connectivity index (χ2n) is 10.7. The second kappa shape index (κ2) is 10.8. The first-order chi connectivity index (χ1) is 18.7. The van der Waals surface area contributed by atoms with E-state index in [0.717, 1.165) is 39.6 Å². The molecule has 1 aliphatic rings. The SMILES string of the molecule is COc1cc(Nc2nc3c(c(Cc4ccccc4)n2)CN(C(=O)OC(C)(C)C)CC3)ccc1-n1cnc(C)c1. The number of benzene rings is 2. The number of ether oxygens (including phenoxy) is 2. The minimum absolute atomic E-state index is 0.318. The highest BCUT2D eigenvalue weighted by molar-refractivity contribution is 5.69. The predicted octanol–water partition coefficient (Wildman–Crippen LogP) is 5.61. The first-order valence-corrected chi connectivity index (χ1v) is 13.0. The number of aryl methyl sites for hydroxylation is 1. The Morgan fingerprint density at radius 3 is 2.59 bits per heavy atom. The van der Waals surface area contributed by atoms with Crippen molar-refractivity contribution in [3.63, 3.8) is 0 Å². The van der Waals surface area contributed by atoms with Gasteiger partial charge in [-0.1, -0.05) is 30.3 Å². The number of carbonyl (C=O) groups is 1. The summed E-state index contributed by atoms with van der Waals surface area (Å²) in [4.78, 5) is 28.7. The van der Waals surface area contributed by atoms with Crippen LogP contribution in [-0.4, -0.2) is 49.8 Å². The molecule has 0 saturated heterocycles. The summed E-state index contributed by atoms with van der Waals surface area (Å²) in [6, 6.07) is 16.1. The van der Waals surface area contributed by atoms with Gasteiger partial charge in [-0.25, -0.2) is 19.7 Å². The van der Waals surface area contributed by atoms with Crippen molar-refractivity contribution in [1.29, 1.82) is 0 Å². The van der Waals surface area contributed by atoms with Gasteiger partial charge in [0.25, 0.3) is 0 Å². The zero-order valence-corrected chi connectivity index (χ0v) is 23.1. The molecule has 0 aliphatic carbocycles. The van der Waals surface area contributed by atoms with Gasteiger partial charge in [-0.3, -0.25) is 0 Å². The molecule has 0 spiro atoms. The van der Waals surface area contributed by atoms with E-state index < -0.39 is 5.60 Å². The van der Waals surface area contributed by atoms with Crippen molar-refractivity contribution < 1.29 is 14.3 Å². The quantitative estimate of drug-likeness (QED) is 0.349. The first-order valence-electron chi connectivity index (χ1n) is 13.0. The number of hydrogen-bond acceptors (Lipinski definition) is 7. The molecular weight excluding hydrogens is 492 g/mol. The number of fused-ring (bicyclic) bond motifs is 1. The van der Waals surface area contributed by atoms with Crippen LogP contribution in [0.5, 0.6) is 5.75 Å².